The van der Waals surface area contributed by atoms with Crippen LogP contribution in [0.1, 0.15) is 10.5 Å². The van der Waals surface area contributed by atoms with E-state index in [0.29, 0.717) is 16.6 Å². The number of thiazole rings is 1. The highest BCUT2D eigenvalue weighted by Gasteiger charge is 2.12. The number of aromatic nitrogens is 2. The Morgan fingerprint density at radius 1 is 1.24 bits per heavy atom. The number of carbonyl (C=O) groups is 1. The summed E-state index contributed by atoms with van der Waals surface area (Å²) < 4.78 is 5.70. The number of esters is 1. The van der Waals surface area contributed by atoms with Gasteiger partial charge in [-0.2, -0.15) is 0 Å². The van der Waals surface area contributed by atoms with Crippen LogP contribution in [0.5, 0.6) is 0 Å². The van der Waals surface area contributed by atoms with Crippen LogP contribution in [0.2, 0.25) is 0 Å². The van der Waals surface area contributed by atoms with Crippen LogP contribution in [0.3, 0.4) is 0 Å². The van der Waals surface area contributed by atoms with E-state index in [1.807, 2.05) is 24.3 Å². The van der Waals surface area contributed by atoms with Gasteiger partial charge < -0.3 is 15.8 Å². The standard InChI is InChI=1S/C14H12N4O2S/c1-20-13(19)10-7-6-8(15)12(16-10)18-14-17-9-4-2-3-5-11(9)21-14/h2-7H,15H2,1H3,(H,16,17,18). The predicted molar refractivity (Wildman–Crippen MR) is 82.9 cm³/mol. The van der Waals surface area contributed by atoms with Crippen molar-refractivity contribution in [2.24, 2.45) is 0 Å². The molecule has 6 nitrogen and oxygen atoms in total. The molecule has 0 saturated carbocycles. The van der Waals surface area contributed by atoms with E-state index in [4.69, 9.17) is 5.73 Å². The van der Waals surface area contributed by atoms with Crippen LogP contribution in [0.15, 0.2) is 36.4 Å². The summed E-state index contributed by atoms with van der Waals surface area (Å²) in [5, 5.41) is 3.71. The summed E-state index contributed by atoms with van der Waals surface area (Å²) >= 11 is 1.49. The average molecular weight is 300 g/mol. The Hall–Kier alpha value is -2.67. The van der Waals surface area contributed by atoms with Gasteiger partial charge in [0.1, 0.15) is 0 Å². The number of methoxy groups -OCH3 is 1. The van der Waals surface area contributed by atoms with Crippen LogP contribution in [0.4, 0.5) is 16.6 Å². The minimum atomic E-state index is -0.512. The first-order chi connectivity index (χ1) is 10.2. The number of hydrogen-bond donors (Lipinski definition) is 2. The van der Waals surface area contributed by atoms with E-state index < -0.39 is 5.97 Å². The first-order valence-corrected chi connectivity index (χ1v) is 6.96. The zero-order valence-corrected chi connectivity index (χ0v) is 12.0. The molecule has 3 rings (SSSR count). The van der Waals surface area contributed by atoms with E-state index in [9.17, 15) is 4.79 Å². The molecule has 0 saturated heterocycles. The number of nitrogens with two attached hydrogens (primary N) is 1. The number of nitrogens with one attached hydrogen (secondary N) is 1. The summed E-state index contributed by atoms with van der Waals surface area (Å²) in [6.07, 6.45) is 0. The van der Waals surface area contributed by atoms with Crippen LogP contribution in [0.25, 0.3) is 10.2 Å². The maximum atomic E-state index is 11.5. The molecule has 2 heterocycles. The zero-order chi connectivity index (χ0) is 14.8. The van der Waals surface area contributed by atoms with Gasteiger partial charge in [-0.1, -0.05) is 23.5 Å². The van der Waals surface area contributed by atoms with Crippen molar-refractivity contribution in [1.29, 1.82) is 0 Å². The lowest BCUT2D eigenvalue weighted by Gasteiger charge is -2.07. The summed E-state index contributed by atoms with van der Waals surface area (Å²) in [6, 6.07) is 10.9. The fraction of sp³-hybridized carbons (Fsp3) is 0.0714. The number of carbonyl (C=O) groups excluding carboxylic acids is 1. The fourth-order valence-corrected chi connectivity index (χ4v) is 2.68. The molecule has 7 heteroatoms. The van der Waals surface area contributed by atoms with E-state index in [-0.39, 0.29) is 5.69 Å². The normalized spacial score (nSPS) is 10.5. The second-order valence-corrected chi connectivity index (χ2v) is 5.27. The number of ether oxygens (including phenoxy) is 1. The maximum Gasteiger partial charge on any atom is 0.356 e. The molecule has 2 aromatic heterocycles. The minimum absolute atomic E-state index is 0.190. The molecular formula is C14H12N4O2S. The van der Waals surface area contributed by atoms with Gasteiger partial charge in [0.25, 0.3) is 0 Å². The summed E-state index contributed by atoms with van der Waals surface area (Å²) in [7, 11) is 1.31. The molecule has 106 valence electrons. The van der Waals surface area contributed by atoms with Crippen LogP contribution >= 0.6 is 11.3 Å². The van der Waals surface area contributed by atoms with Crippen LogP contribution in [-0.2, 0) is 4.74 Å². The molecule has 0 aliphatic rings. The van der Waals surface area contributed by atoms with Crippen molar-refractivity contribution in [3.8, 4) is 0 Å². The van der Waals surface area contributed by atoms with Crippen molar-refractivity contribution in [2.45, 2.75) is 0 Å². The number of fused-ring (bicyclic) bond motifs is 1. The van der Waals surface area contributed by atoms with E-state index in [1.165, 1.54) is 24.5 Å². The molecule has 0 fully saturated rings. The number of nitrogen functional groups attached to an aromatic ring is 1. The molecule has 3 N–H and O–H groups in total. The Labute approximate surface area is 124 Å². The molecule has 21 heavy (non-hydrogen) atoms. The molecule has 0 bridgehead atoms. The zero-order valence-electron chi connectivity index (χ0n) is 11.2. The van der Waals surface area contributed by atoms with Crippen molar-refractivity contribution >= 4 is 44.2 Å². The Morgan fingerprint density at radius 3 is 2.81 bits per heavy atom. The van der Waals surface area contributed by atoms with Crippen LogP contribution in [0, 0.1) is 0 Å². The molecule has 0 unspecified atom stereocenters. The van der Waals surface area contributed by atoms with Crippen molar-refractivity contribution in [2.75, 3.05) is 18.2 Å². The third-order valence-electron chi connectivity index (χ3n) is 2.84. The largest absolute Gasteiger partial charge is 0.464 e. The highest BCUT2D eigenvalue weighted by molar-refractivity contribution is 7.22. The molecule has 0 spiro atoms. The van der Waals surface area contributed by atoms with Gasteiger partial charge in [0.05, 0.1) is 23.0 Å². The third-order valence-corrected chi connectivity index (χ3v) is 3.79. The number of benzene rings is 1. The number of nitrogens with zero attached hydrogens (tertiary/aromatic N) is 2. The molecule has 0 atom stereocenters. The molecule has 3 aromatic rings. The van der Waals surface area contributed by atoms with E-state index in [1.54, 1.807) is 6.07 Å². The van der Waals surface area contributed by atoms with Crippen molar-refractivity contribution in [3.05, 3.63) is 42.1 Å². The Bertz CT molecular complexity index is 783. The Balaban J connectivity index is 1.94. The van der Waals surface area contributed by atoms with Crippen molar-refractivity contribution in [3.63, 3.8) is 0 Å². The first-order valence-electron chi connectivity index (χ1n) is 6.15. The van der Waals surface area contributed by atoms with Gasteiger partial charge in [-0.25, -0.2) is 14.8 Å². The smallest absolute Gasteiger partial charge is 0.356 e. The predicted octanol–water partition coefficient (Wildman–Crippen LogP) is 2.80. The fourth-order valence-electron chi connectivity index (χ4n) is 1.82. The Morgan fingerprint density at radius 2 is 2.05 bits per heavy atom. The van der Waals surface area contributed by atoms with Crippen LogP contribution < -0.4 is 11.1 Å². The number of hydrogen-bond acceptors (Lipinski definition) is 7. The number of anilines is 3. The topological polar surface area (TPSA) is 90.1 Å². The highest BCUT2D eigenvalue weighted by Crippen LogP contribution is 2.29. The van der Waals surface area contributed by atoms with Crippen molar-refractivity contribution < 1.29 is 9.53 Å². The molecule has 0 amide bonds. The van der Waals surface area contributed by atoms with Gasteiger partial charge >= 0.3 is 5.97 Å². The van der Waals surface area contributed by atoms with Gasteiger partial charge in [0.15, 0.2) is 16.6 Å². The number of pyridine rings is 1. The average Bonchev–Trinajstić information content (AvgIpc) is 2.91. The van der Waals surface area contributed by atoms with Gasteiger partial charge in [-0.3, -0.25) is 0 Å². The van der Waals surface area contributed by atoms with Gasteiger partial charge in [0, 0.05) is 0 Å². The lowest BCUT2D eigenvalue weighted by molar-refractivity contribution is 0.0594. The summed E-state index contributed by atoms with van der Waals surface area (Å²) in [5.74, 6) is -0.126. The van der Waals surface area contributed by atoms with E-state index in [2.05, 4.69) is 20.0 Å². The molecule has 0 aliphatic heterocycles. The molecule has 0 aliphatic carbocycles. The second kappa shape index (κ2) is 5.37. The molecule has 1 aromatic carbocycles. The highest BCUT2D eigenvalue weighted by atomic mass is 32.1. The monoisotopic (exact) mass is 300 g/mol. The quantitative estimate of drug-likeness (QED) is 0.723. The lowest BCUT2D eigenvalue weighted by atomic mass is 10.3. The van der Waals surface area contributed by atoms with Gasteiger partial charge in [-0.05, 0) is 24.3 Å². The maximum absolute atomic E-state index is 11.5. The lowest BCUT2D eigenvalue weighted by Crippen LogP contribution is -2.07. The Kier molecular flexibility index (Phi) is 3.41. The second-order valence-electron chi connectivity index (χ2n) is 4.24. The van der Waals surface area contributed by atoms with E-state index >= 15 is 0 Å². The van der Waals surface area contributed by atoms with Gasteiger partial charge in [-0.15, -0.1) is 0 Å². The number of para-hydroxylation sites is 1. The number of rotatable bonds is 3. The summed E-state index contributed by atoms with van der Waals surface area (Å²) in [5.41, 5.74) is 7.39. The summed E-state index contributed by atoms with van der Waals surface area (Å²) in [4.78, 5) is 20.1. The minimum Gasteiger partial charge on any atom is -0.464 e. The van der Waals surface area contributed by atoms with Crippen molar-refractivity contribution in [1.82, 2.24) is 9.97 Å². The van der Waals surface area contributed by atoms with Crippen LogP contribution in [-0.4, -0.2) is 23.0 Å². The summed E-state index contributed by atoms with van der Waals surface area (Å²) in [6.45, 7) is 0. The molecule has 0 radical (unpaired) electrons. The molecular weight excluding hydrogens is 288 g/mol. The van der Waals surface area contributed by atoms with E-state index in [0.717, 1.165) is 10.2 Å². The van der Waals surface area contributed by atoms with Gasteiger partial charge in [0.2, 0.25) is 0 Å². The SMILES string of the molecule is COC(=O)c1ccc(N)c(Nc2nc3ccccc3s2)n1. The third kappa shape index (κ3) is 2.63. The first kappa shape index (κ1) is 13.3.